The molecule has 0 fully saturated rings. The van der Waals surface area contributed by atoms with Crippen LogP contribution >= 0.6 is 22.9 Å². The van der Waals surface area contributed by atoms with E-state index in [4.69, 9.17) is 16.7 Å². The minimum Gasteiger partial charge on any atom is -0.481 e. The van der Waals surface area contributed by atoms with Crippen molar-refractivity contribution in [1.29, 1.82) is 0 Å². The van der Waals surface area contributed by atoms with Crippen molar-refractivity contribution in [1.82, 2.24) is 10.3 Å². The maximum atomic E-state index is 12.6. The number of benzene rings is 2. The molecule has 0 saturated heterocycles. The molecule has 0 radical (unpaired) electrons. The van der Waals surface area contributed by atoms with Gasteiger partial charge >= 0.3 is 5.97 Å². The van der Waals surface area contributed by atoms with Crippen LogP contribution in [0.3, 0.4) is 0 Å². The molecule has 3 rings (SSSR count). The highest BCUT2D eigenvalue weighted by atomic mass is 35.5. The summed E-state index contributed by atoms with van der Waals surface area (Å²) >= 11 is 7.34. The fourth-order valence-corrected chi connectivity index (χ4v) is 3.66. The van der Waals surface area contributed by atoms with Crippen LogP contribution in [0.5, 0.6) is 0 Å². The number of aliphatic carboxylic acids is 1. The average molecular weight is 401 g/mol. The van der Waals surface area contributed by atoms with E-state index in [1.54, 1.807) is 17.5 Å². The van der Waals surface area contributed by atoms with Crippen molar-refractivity contribution in [3.63, 3.8) is 0 Å². The number of carbonyl (C=O) groups is 2. The van der Waals surface area contributed by atoms with E-state index in [1.165, 1.54) is 11.3 Å². The van der Waals surface area contributed by atoms with Gasteiger partial charge in [0.05, 0.1) is 6.42 Å². The first-order chi connectivity index (χ1) is 13.0. The summed E-state index contributed by atoms with van der Waals surface area (Å²) in [6, 6.07) is 16.2. The van der Waals surface area contributed by atoms with Gasteiger partial charge in [-0.2, -0.15) is 0 Å². The van der Waals surface area contributed by atoms with Crippen LogP contribution < -0.4 is 5.32 Å². The molecule has 138 valence electrons. The third kappa shape index (κ3) is 5.39. The second-order valence-electron chi connectivity index (χ2n) is 6.01. The highest BCUT2D eigenvalue weighted by Crippen LogP contribution is 2.26. The molecule has 3 aromatic rings. The molecule has 1 aromatic heterocycles. The van der Waals surface area contributed by atoms with Gasteiger partial charge in [0.1, 0.15) is 10.7 Å². The number of halogens is 1. The minimum atomic E-state index is -0.964. The fraction of sp³-hybridized carbons (Fsp3) is 0.150. The second-order valence-corrected chi connectivity index (χ2v) is 7.30. The quantitative estimate of drug-likeness (QED) is 0.620. The Hall–Kier alpha value is -2.70. The number of thiazole rings is 1. The Kier molecular flexibility index (Phi) is 6.21. The summed E-state index contributed by atoms with van der Waals surface area (Å²) < 4.78 is 0. The van der Waals surface area contributed by atoms with E-state index < -0.39 is 12.0 Å². The summed E-state index contributed by atoms with van der Waals surface area (Å²) in [6.07, 6.45) is 0.274. The highest BCUT2D eigenvalue weighted by molar-refractivity contribution is 7.13. The van der Waals surface area contributed by atoms with Crippen LogP contribution in [0.2, 0.25) is 5.02 Å². The average Bonchev–Trinajstić information content (AvgIpc) is 3.12. The van der Waals surface area contributed by atoms with Crippen LogP contribution in [0.1, 0.15) is 22.5 Å². The van der Waals surface area contributed by atoms with E-state index >= 15 is 0 Å². The smallest absolute Gasteiger partial charge is 0.305 e. The first kappa shape index (κ1) is 19.1. The number of nitrogens with one attached hydrogen (secondary N) is 1. The number of carboxylic acid groups (broad SMARTS) is 1. The van der Waals surface area contributed by atoms with E-state index in [1.807, 2.05) is 42.5 Å². The molecule has 2 aromatic carbocycles. The Morgan fingerprint density at radius 1 is 1.15 bits per heavy atom. The van der Waals surface area contributed by atoms with Gasteiger partial charge in [-0.05, 0) is 24.1 Å². The highest BCUT2D eigenvalue weighted by Gasteiger charge is 2.19. The summed E-state index contributed by atoms with van der Waals surface area (Å²) in [5.41, 5.74) is 2.05. The normalized spacial score (nSPS) is 11.7. The zero-order valence-electron chi connectivity index (χ0n) is 14.3. The van der Waals surface area contributed by atoms with Crippen molar-refractivity contribution in [3.05, 3.63) is 76.3 Å². The van der Waals surface area contributed by atoms with Gasteiger partial charge in [0.25, 0.3) is 5.91 Å². The third-order valence-electron chi connectivity index (χ3n) is 3.89. The zero-order valence-corrected chi connectivity index (χ0v) is 15.8. The van der Waals surface area contributed by atoms with Crippen LogP contribution in [0.25, 0.3) is 10.6 Å². The largest absolute Gasteiger partial charge is 0.481 e. The summed E-state index contributed by atoms with van der Waals surface area (Å²) in [4.78, 5) is 28.1. The van der Waals surface area contributed by atoms with Gasteiger partial charge in [0.2, 0.25) is 0 Å². The molecule has 27 heavy (non-hydrogen) atoms. The molecule has 0 bridgehead atoms. The van der Waals surface area contributed by atoms with Crippen molar-refractivity contribution >= 4 is 34.8 Å². The standard InChI is InChI=1S/C20H17ClN2O3S/c21-15-8-4-7-14(10-15)20-23-17(12-27-20)19(26)22-16(11-18(24)25)9-13-5-2-1-3-6-13/h1-8,10,12,16H,9,11H2,(H,22,26)(H,24,25). The summed E-state index contributed by atoms with van der Waals surface area (Å²) in [5, 5.41) is 14.9. The lowest BCUT2D eigenvalue weighted by Crippen LogP contribution is -2.38. The lowest BCUT2D eigenvalue weighted by molar-refractivity contribution is -0.137. The number of carbonyl (C=O) groups excluding carboxylic acids is 1. The molecule has 0 spiro atoms. The van der Waals surface area contributed by atoms with Crippen LogP contribution in [0.4, 0.5) is 0 Å². The number of carboxylic acids is 1. The van der Waals surface area contributed by atoms with Gasteiger partial charge in [-0.3, -0.25) is 9.59 Å². The van der Waals surface area contributed by atoms with E-state index in [0.29, 0.717) is 16.5 Å². The van der Waals surface area contributed by atoms with Crippen LogP contribution in [-0.2, 0) is 11.2 Å². The van der Waals surface area contributed by atoms with Crippen LogP contribution in [-0.4, -0.2) is 28.0 Å². The summed E-state index contributed by atoms with van der Waals surface area (Å²) in [6.45, 7) is 0. The Morgan fingerprint density at radius 2 is 1.93 bits per heavy atom. The molecule has 1 heterocycles. The number of aromatic nitrogens is 1. The number of rotatable bonds is 7. The molecule has 0 aliphatic rings. The second kappa shape index (κ2) is 8.79. The van der Waals surface area contributed by atoms with E-state index in [0.717, 1.165) is 11.1 Å². The summed E-state index contributed by atoms with van der Waals surface area (Å²) in [5.74, 6) is -1.35. The molecule has 1 amide bonds. The predicted molar refractivity (Wildman–Crippen MR) is 106 cm³/mol. The number of nitrogens with zero attached hydrogens (tertiary/aromatic N) is 1. The molecular weight excluding hydrogens is 384 g/mol. The molecule has 7 heteroatoms. The Bertz CT molecular complexity index is 943. The molecule has 1 atom stereocenters. The van der Waals surface area contributed by atoms with Gasteiger partial charge in [-0.25, -0.2) is 4.98 Å². The van der Waals surface area contributed by atoms with Gasteiger partial charge in [-0.15, -0.1) is 11.3 Å². The van der Waals surface area contributed by atoms with Crippen molar-refractivity contribution in [2.45, 2.75) is 18.9 Å². The maximum absolute atomic E-state index is 12.6. The predicted octanol–water partition coefficient (Wildman–Crippen LogP) is 4.28. The first-order valence-electron chi connectivity index (χ1n) is 8.29. The van der Waals surface area contributed by atoms with E-state index in [2.05, 4.69) is 10.3 Å². The van der Waals surface area contributed by atoms with E-state index in [9.17, 15) is 9.59 Å². The molecule has 5 nitrogen and oxygen atoms in total. The third-order valence-corrected chi connectivity index (χ3v) is 5.02. The molecular formula is C20H17ClN2O3S. The number of amides is 1. The monoisotopic (exact) mass is 400 g/mol. The zero-order chi connectivity index (χ0) is 19.2. The topological polar surface area (TPSA) is 79.3 Å². The lowest BCUT2D eigenvalue weighted by atomic mass is 10.0. The van der Waals surface area contributed by atoms with Crippen LogP contribution in [0, 0.1) is 0 Å². The lowest BCUT2D eigenvalue weighted by Gasteiger charge is -2.16. The Balaban J connectivity index is 1.72. The first-order valence-corrected chi connectivity index (χ1v) is 9.55. The number of hydrogen-bond donors (Lipinski definition) is 2. The Labute approximate surface area is 165 Å². The van der Waals surface area contributed by atoms with Gasteiger partial charge in [0, 0.05) is 22.0 Å². The van der Waals surface area contributed by atoms with Crippen molar-refractivity contribution < 1.29 is 14.7 Å². The molecule has 2 N–H and O–H groups in total. The molecule has 1 unspecified atom stereocenters. The van der Waals surface area contributed by atoms with E-state index in [-0.39, 0.29) is 18.0 Å². The summed E-state index contributed by atoms with van der Waals surface area (Å²) in [7, 11) is 0. The van der Waals surface area contributed by atoms with Gasteiger partial charge in [0.15, 0.2) is 0 Å². The van der Waals surface area contributed by atoms with Crippen molar-refractivity contribution in [2.75, 3.05) is 0 Å². The Morgan fingerprint density at radius 3 is 2.63 bits per heavy atom. The molecule has 0 saturated carbocycles. The van der Waals surface area contributed by atoms with Crippen LogP contribution in [0.15, 0.2) is 60.0 Å². The fourth-order valence-electron chi connectivity index (χ4n) is 2.68. The van der Waals surface area contributed by atoms with Gasteiger partial charge < -0.3 is 10.4 Å². The SMILES string of the molecule is O=C(O)CC(Cc1ccccc1)NC(=O)c1csc(-c2cccc(Cl)c2)n1. The molecule has 0 aliphatic heterocycles. The number of hydrogen-bond acceptors (Lipinski definition) is 4. The minimum absolute atomic E-state index is 0.161. The molecule has 0 aliphatic carbocycles. The van der Waals surface area contributed by atoms with Crippen molar-refractivity contribution in [2.24, 2.45) is 0 Å². The van der Waals surface area contributed by atoms with Gasteiger partial charge in [-0.1, -0.05) is 54.1 Å². The maximum Gasteiger partial charge on any atom is 0.305 e. The van der Waals surface area contributed by atoms with Crippen molar-refractivity contribution in [3.8, 4) is 10.6 Å².